The first-order valence-corrected chi connectivity index (χ1v) is 10.8. The Hall–Kier alpha value is -2.45. The average molecular weight is 417 g/mol. The fourth-order valence-corrected chi connectivity index (χ4v) is 4.72. The summed E-state index contributed by atoms with van der Waals surface area (Å²) in [4.78, 5) is 29.3. The first-order chi connectivity index (χ1) is 13.9. The van der Waals surface area contributed by atoms with E-state index in [1.807, 2.05) is 31.6 Å². The summed E-state index contributed by atoms with van der Waals surface area (Å²) in [6.45, 7) is 4.21. The molecule has 29 heavy (non-hydrogen) atoms. The number of amides is 1. The lowest BCUT2D eigenvalue weighted by Crippen LogP contribution is -2.35. The van der Waals surface area contributed by atoms with Crippen LogP contribution in [-0.4, -0.2) is 49.5 Å². The van der Waals surface area contributed by atoms with E-state index in [0.29, 0.717) is 23.7 Å². The summed E-state index contributed by atoms with van der Waals surface area (Å²) >= 11 is 1.64. The Kier molecular flexibility index (Phi) is 6.87. The van der Waals surface area contributed by atoms with Gasteiger partial charge in [-0.1, -0.05) is 13.0 Å². The molecular formula is C21H28N4O3S. The van der Waals surface area contributed by atoms with Crippen molar-refractivity contribution in [3.8, 4) is 0 Å². The Balaban J connectivity index is 1.75. The third kappa shape index (κ3) is 5.13. The van der Waals surface area contributed by atoms with E-state index in [1.165, 1.54) is 6.07 Å². The summed E-state index contributed by atoms with van der Waals surface area (Å²) in [5.74, 6) is 0.210. The standard InChI is InChI=1S/C21H28N4O3S/c1-15-6-4-10-24(14-15)17-9-8-16(12-18(17)25(27)28)21(26)22-13-19(23(2)3)20-7-5-11-29-20/h5,7-9,11-12,15,19H,4,6,10,13-14H2,1-3H3,(H,22,26). The monoisotopic (exact) mass is 416 g/mol. The lowest BCUT2D eigenvalue weighted by Gasteiger charge is -2.32. The highest BCUT2D eigenvalue weighted by atomic mass is 32.1. The molecule has 0 aliphatic carbocycles. The van der Waals surface area contributed by atoms with Gasteiger partial charge < -0.3 is 15.1 Å². The van der Waals surface area contributed by atoms with Gasteiger partial charge in [0, 0.05) is 36.1 Å². The van der Waals surface area contributed by atoms with Crippen molar-refractivity contribution in [1.29, 1.82) is 0 Å². The van der Waals surface area contributed by atoms with Crippen LogP contribution in [0.2, 0.25) is 0 Å². The lowest BCUT2D eigenvalue weighted by molar-refractivity contribution is -0.384. The van der Waals surface area contributed by atoms with E-state index >= 15 is 0 Å². The Bertz CT molecular complexity index is 854. The normalized spacial score (nSPS) is 17.9. The molecule has 0 radical (unpaired) electrons. The number of nitro groups is 1. The summed E-state index contributed by atoms with van der Waals surface area (Å²) in [5.41, 5.74) is 0.909. The maximum absolute atomic E-state index is 12.7. The van der Waals surface area contributed by atoms with Crippen molar-refractivity contribution in [2.45, 2.75) is 25.8 Å². The zero-order chi connectivity index (χ0) is 21.0. The molecule has 1 aromatic carbocycles. The minimum Gasteiger partial charge on any atom is -0.366 e. The molecule has 1 aromatic heterocycles. The van der Waals surface area contributed by atoms with Crippen LogP contribution in [0.4, 0.5) is 11.4 Å². The molecule has 156 valence electrons. The van der Waals surface area contributed by atoms with Gasteiger partial charge in [0.1, 0.15) is 5.69 Å². The van der Waals surface area contributed by atoms with Crippen molar-refractivity contribution in [3.05, 3.63) is 56.3 Å². The van der Waals surface area contributed by atoms with E-state index in [9.17, 15) is 14.9 Å². The number of piperidine rings is 1. The predicted molar refractivity (Wildman–Crippen MR) is 117 cm³/mol. The van der Waals surface area contributed by atoms with Gasteiger partial charge in [-0.2, -0.15) is 0 Å². The molecule has 2 atom stereocenters. The highest BCUT2D eigenvalue weighted by Gasteiger charge is 2.25. The van der Waals surface area contributed by atoms with E-state index in [4.69, 9.17) is 0 Å². The minimum atomic E-state index is -0.389. The van der Waals surface area contributed by atoms with Crippen LogP contribution in [0.15, 0.2) is 35.7 Å². The molecule has 8 heteroatoms. The first-order valence-electron chi connectivity index (χ1n) is 9.88. The summed E-state index contributed by atoms with van der Waals surface area (Å²) < 4.78 is 0. The number of nitro benzene ring substituents is 1. The molecule has 1 saturated heterocycles. The van der Waals surface area contributed by atoms with Crippen LogP contribution in [-0.2, 0) is 0 Å². The maximum atomic E-state index is 12.7. The number of nitrogens with one attached hydrogen (secondary N) is 1. The van der Waals surface area contributed by atoms with Crippen LogP contribution < -0.4 is 10.2 Å². The Morgan fingerprint density at radius 3 is 2.83 bits per heavy atom. The van der Waals surface area contributed by atoms with E-state index in [0.717, 1.165) is 30.8 Å². The Labute approximate surface area is 175 Å². The van der Waals surface area contributed by atoms with Crippen LogP contribution in [0.1, 0.15) is 41.0 Å². The molecule has 0 saturated carbocycles. The zero-order valence-corrected chi connectivity index (χ0v) is 17.9. The molecule has 0 spiro atoms. The first kappa shape index (κ1) is 21.3. The molecule has 1 fully saturated rings. The van der Waals surface area contributed by atoms with Crippen molar-refractivity contribution in [3.63, 3.8) is 0 Å². The van der Waals surface area contributed by atoms with Crippen molar-refractivity contribution in [1.82, 2.24) is 10.2 Å². The van der Waals surface area contributed by atoms with Gasteiger partial charge in [0.15, 0.2) is 0 Å². The third-order valence-corrected chi connectivity index (χ3v) is 6.36. The molecule has 1 N–H and O–H groups in total. The molecular weight excluding hydrogens is 388 g/mol. The number of benzene rings is 1. The second-order valence-corrected chi connectivity index (χ2v) is 8.84. The average Bonchev–Trinajstić information content (AvgIpc) is 3.21. The lowest BCUT2D eigenvalue weighted by atomic mass is 9.99. The maximum Gasteiger partial charge on any atom is 0.293 e. The minimum absolute atomic E-state index is 0.00540. The van der Waals surface area contributed by atoms with Crippen molar-refractivity contribution in [2.75, 3.05) is 38.6 Å². The number of carbonyl (C=O) groups is 1. The SMILES string of the molecule is CC1CCCN(c2ccc(C(=O)NCC(c3cccs3)N(C)C)cc2[N+](=O)[O-])C1. The van der Waals surface area contributed by atoms with E-state index in [1.54, 1.807) is 23.5 Å². The molecule has 3 rings (SSSR count). The number of thiophene rings is 1. The fourth-order valence-electron chi connectivity index (χ4n) is 3.80. The second kappa shape index (κ2) is 9.37. The van der Waals surface area contributed by atoms with Crippen LogP contribution in [0.25, 0.3) is 0 Å². The summed E-state index contributed by atoms with van der Waals surface area (Å²) in [6.07, 6.45) is 2.16. The number of carbonyl (C=O) groups excluding carboxylic acids is 1. The molecule has 2 heterocycles. The number of rotatable bonds is 7. The molecule has 0 bridgehead atoms. The number of likely N-dealkylation sites (N-methyl/N-ethyl adjacent to an activating group) is 1. The molecule has 2 aromatic rings. The van der Waals surface area contributed by atoms with Gasteiger partial charge >= 0.3 is 0 Å². The third-order valence-electron chi connectivity index (χ3n) is 5.38. The van der Waals surface area contributed by atoms with Gasteiger partial charge in [-0.3, -0.25) is 14.9 Å². The van der Waals surface area contributed by atoms with Gasteiger partial charge in [-0.25, -0.2) is 0 Å². The van der Waals surface area contributed by atoms with Gasteiger partial charge in [0.25, 0.3) is 11.6 Å². The fraction of sp³-hybridized carbons (Fsp3) is 0.476. The van der Waals surface area contributed by atoms with Crippen LogP contribution in [0, 0.1) is 16.0 Å². The molecule has 2 unspecified atom stereocenters. The Morgan fingerprint density at radius 2 is 2.21 bits per heavy atom. The van der Waals surface area contributed by atoms with Crippen LogP contribution in [0.3, 0.4) is 0 Å². The molecule has 1 amide bonds. The van der Waals surface area contributed by atoms with Crippen molar-refractivity contribution < 1.29 is 9.72 Å². The van der Waals surface area contributed by atoms with Gasteiger partial charge in [-0.15, -0.1) is 11.3 Å². The zero-order valence-electron chi connectivity index (χ0n) is 17.1. The number of anilines is 1. The van der Waals surface area contributed by atoms with Crippen LogP contribution in [0.5, 0.6) is 0 Å². The molecule has 1 aliphatic rings. The number of nitrogens with zero attached hydrogens (tertiary/aromatic N) is 3. The van der Waals surface area contributed by atoms with Crippen LogP contribution >= 0.6 is 11.3 Å². The quantitative estimate of drug-likeness (QED) is 0.547. The van der Waals surface area contributed by atoms with Gasteiger partial charge in [-0.05, 0) is 56.4 Å². The Morgan fingerprint density at radius 1 is 1.41 bits per heavy atom. The van der Waals surface area contributed by atoms with Crippen molar-refractivity contribution >= 4 is 28.6 Å². The molecule has 7 nitrogen and oxygen atoms in total. The van der Waals surface area contributed by atoms with E-state index < -0.39 is 0 Å². The van der Waals surface area contributed by atoms with E-state index in [2.05, 4.69) is 22.0 Å². The highest BCUT2D eigenvalue weighted by Crippen LogP contribution is 2.32. The highest BCUT2D eigenvalue weighted by molar-refractivity contribution is 7.10. The van der Waals surface area contributed by atoms with E-state index in [-0.39, 0.29) is 22.6 Å². The summed E-state index contributed by atoms with van der Waals surface area (Å²) in [6, 6.07) is 8.89. The van der Waals surface area contributed by atoms with Crippen molar-refractivity contribution in [2.24, 2.45) is 5.92 Å². The summed E-state index contributed by atoms with van der Waals surface area (Å²) in [5, 5.41) is 16.6. The predicted octanol–water partition coefficient (Wildman–Crippen LogP) is 3.93. The second-order valence-electron chi connectivity index (χ2n) is 7.86. The smallest absolute Gasteiger partial charge is 0.293 e. The summed E-state index contributed by atoms with van der Waals surface area (Å²) in [7, 11) is 3.94. The largest absolute Gasteiger partial charge is 0.366 e. The number of hydrogen-bond donors (Lipinski definition) is 1. The van der Waals surface area contributed by atoms with Gasteiger partial charge in [0.05, 0.1) is 11.0 Å². The van der Waals surface area contributed by atoms with Gasteiger partial charge in [0.2, 0.25) is 0 Å². The topological polar surface area (TPSA) is 78.7 Å². The number of hydrogen-bond acceptors (Lipinski definition) is 6. The molecule has 1 aliphatic heterocycles.